The van der Waals surface area contributed by atoms with Gasteiger partial charge in [0.05, 0.1) is 19.8 Å². The first kappa shape index (κ1) is 18.6. The number of urea groups is 1. The molecule has 0 aliphatic heterocycles. The Balaban J connectivity index is 2.15. The Bertz CT molecular complexity index is 770. The standard InChI is InChI=1S/C20H26N2O3/c1-13-7-9-16(14(2)11-13)21-19(23)22-20(3,4)15-8-10-17(24-5)18(12-15)25-6/h7-12H,1-6H3,(H2,21,22,23). The van der Waals surface area contributed by atoms with Gasteiger partial charge >= 0.3 is 6.03 Å². The lowest BCUT2D eigenvalue weighted by atomic mass is 9.94. The molecule has 5 heteroatoms. The normalized spacial score (nSPS) is 11.0. The third kappa shape index (κ3) is 4.44. The zero-order chi connectivity index (χ0) is 18.6. The minimum Gasteiger partial charge on any atom is -0.493 e. The lowest BCUT2D eigenvalue weighted by Gasteiger charge is -2.28. The molecule has 0 bridgehead atoms. The van der Waals surface area contributed by atoms with Gasteiger partial charge in [-0.25, -0.2) is 4.79 Å². The molecule has 2 rings (SSSR count). The van der Waals surface area contributed by atoms with E-state index in [0.29, 0.717) is 11.5 Å². The first-order chi connectivity index (χ1) is 11.8. The lowest BCUT2D eigenvalue weighted by molar-refractivity contribution is 0.241. The zero-order valence-corrected chi connectivity index (χ0v) is 15.7. The summed E-state index contributed by atoms with van der Waals surface area (Å²) in [6, 6.07) is 11.3. The molecule has 0 aliphatic carbocycles. The van der Waals surface area contributed by atoms with E-state index in [1.165, 1.54) is 0 Å². The first-order valence-corrected chi connectivity index (χ1v) is 8.15. The Morgan fingerprint density at radius 1 is 0.960 bits per heavy atom. The highest BCUT2D eigenvalue weighted by molar-refractivity contribution is 5.90. The minimum absolute atomic E-state index is 0.258. The largest absolute Gasteiger partial charge is 0.493 e. The maximum Gasteiger partial charge on any atom is 0.319 e. The third-order valence-electron chi connectivity index (χ3n) is 4.16. The van der Waals surface area contributed by atoms with Gasteiger partial charge in [0.25, 0.3) is 0 Å². The molecule has 2 amide bonds. The highest BCUT2D eigenvalue weighted by Gasteiger charge is 2.24. The number of nitrogens with one attached hydrogen (secondary N) is 2. The Morgan fingerprint density at radius 2 is 1.64 bits per heavy atom. The van der Waals surface area contributed by atoms with Crippen molar-refractivity contribution in [3.8, 4) is 11.5 Å². The number of carbonyl (C=O) groups is 1. The van der Waals surface area contributed by atoms with Crippen LogP contribution in [0.25, 0.3) is 0 Å². The topological polar surface area (TPSA) is 59.6 Å². The third-order valence-corrected chi connectivity index (χ3v) is 4.16. The molecule has 2 aromatic carbocycles. The molecule has 0 spiro atoms. The average molecular weight is 342 g/mol. The molecule has 0 atom stereocenters. The van der Waals surface area contributed by atoms with Crippen LogP contribution in [0.15, 0.2) is 36.4 Å². The summed E-state index contributed by atoms with van der Waals surface area (Å²) in [5, 5.41) is 5.91. The van der Waals surface area contributed by atoms with Crippen molar-refractivity contribution < 1.29 is 14.3 Å². The van der Waals surface area contributed by atoms with Crippen LogP contribution in [0, 0.1) is 13.8 Å². The van der Waals surface area contributed by atoms with Gasteiger partial charge in [0.2, 0.25) is 0 Å². The summed E-state index contributed by atoms with van der Waals surface area (Å²) in [5.74, 6) is 1.28. The maximum atomic E-state index is 12.4. The van der Waals surface area contributed by atoms with Gasteiger partial charge in [0.1, 0.15) is 0 Å². The van der Waals surface area contributed by atoms with Crippen LogP contribution in [-0.4, -0.2) is 20.3 Å². The van der Waals surface area contributed by atoms with Crippen molar-refractivity contribution in [1.29, 1.82) is 0 Å². The van der Waals surface area contributed by atoms with E-state index in [4.69, 9.17) is 9.47 Å². The first-order valence-electron chi connectivity index (χ1n) is 8.15. The molecule has 0 saturated heterocycles. The second-order valence-corrected chi connectivity index (χ2v) is 6.59. The maximum absolute atomic E-state index is 12.4. The van der Waals surface area contributed by atoms with Crippen molar-refractivity contribution in [2.45, 2.75) is 33.2 Å². The SMILES string of the molecule is COc1ccc(C(C)(C)NC(=O)Nc2ccc(C)cc2C)cc1OC. The van der Waals surface area contributed by atoms with Gasteiger partial charge in [-0.15, -0.1) is 0 Å². The molecular formula is C20H26N2O3. The summed E-state index contributed by atoms with van der Waals surface area (Å²) in [5.41, 5.74) is 3.32. The van der Waals surface area contributed by atoms with Crippen molar-refractivity contribution >= 4 is 11.7 Å². The van der Waals surface area contributed by atoms with Crippen LogP contribution >= 0.6 is 0 Å². The van der Waals surface area contributed by atoms with E-state index in [2.05, 4.69) is 10.6 Å². The molecule has 0 aromatic heterocycles. The molecule has 0 saturated carbocycles. The van der Waals surface area contributed by atoms with E-state index >= 15 is 0 Å². The van der Waals surface area contributed by atoms with Crippen LogP contribution in [0.4, 0.5) is 10.5 Å². The summed E-state index contributed by atoms with van der Waals surface area (Å²) in [7, 11) is 3.19. The van der Waals surface area contributed by atoms with Gasteiger partial charge in [-0.1, -0.05) is 23.8 Å². The molecule has 2 aromatic rings. The number of amides is 2. The van der Waals surface area contributed by atoms with E-state index in [0.717, 1.165) is 22.4 Å². The highest BCUT2D eigenvalue weighted by atomic mass is 16.5. The van der Waals surface area contributed by atoms with Crippen molar-refractivity contribution in [1.82, 2.24) is 5.32 Å². The van der Waals surface area contributed by atoms with Crippen LogP contribution in [0.2, 0.25) is 0 Å². The minimum atomic E-state index is -0.581. The fraction of sp³-hybridized carbons (Fsp3) is 0.350. The van der Waals surface area contributed by atoms with Crippen LogP contribution in [-0.2, 0) is 5.54 Å². The van der Waals surface area contributed by atoms with Crippen LogP contribution < -0.4 is 20.1 Å². The average Bonchev–Trinajstić information content (AvgIpc) is 2.56. The molecule has 0 unspecified atom stereocenters. The Morgan fingerprint density at radius 3 is 2.24 bits per heavy atom. The number of rotatable bonds is 5. The monoisotopic (exact) mass is 342 g/mol. The summed E-state index contributed by atoms with van der Waals surface area (Å²) >= 11 is 0. The smallest absolute Gasteiger partial charge is 0.319 e. The lowest BCUT2D eigenvalue weighted by Crippen LogP contribution is -2.43. The van der Waals surface area contributed by atoms with Gasteiger partial charge in [0.15, 0.2) is 11.5 Å². The molecule has 0 aliphatic rings. The summed E-state index contributed by atoms with van der Waals surface area (Å²) < 4.78 is 10.6. The van der Waals surface area contributed by atoms with Gasteiger partial charge < -0.3 is 20.1 Å². The number of anilines is 1. The van der Waals surface area contributed by atoms with Crippen LogP contribution in [0.5, 0.6) is 11.5 Å². The summed E-state index contributed by atoms with van der Waals surface area (Å²) in [6.45, 7) is 7.88. The molecule has 0 radical (unpaired) electrons. The van der Waals surface area contributed by atoms with Crippen LogP contribution in [0.1, 0.15) is 30.5 Å². The van der Waals surface area contributed by atoms with Gasteiger partial charge in [-0.2, -0.15) is 0 Å². The predicted molar refractivity (Wildman–Crippen MR) is 101 cm³/mol. The molecule has 5 nitrogen and oxygen atoms in total. The van der Waals surface area contributed by atoms with Gasteiger partial charge in [0, 0.05) is 5.69 Å². The van der Waals surface area contributed by atoms with E-state index in [1.807, 2.05) is 64.1 Å². The molecule has 134 valence electrons. The van der Waals surface area contributed by atoms with Crippen molar-refractivity contribution in [3.05, 3.63) is 53.1 Å². The number of ether oxygens (including phenoxy) is 2. The molecule has 0 heterocycles. The summed E-state index contributed by atoms with van der Waals surface area (Å²) in [4.78, 5) is 12.4. The zero-order valence-electron chi connectivity index (χ0n) is 15.7. The Kier molecular flexibility index (Phi) is 5.57. The van der Waals surface area contributed by atoms with Gasteiger partial charge in [-0.3, -0.25) is 0 Å². The van der Waals surface area contributed by atoms with E-state index in [9.17, 15) is 4.79 Å². The fourth-order valence-electron chi connectivity index (χ4n) is 2.69. The second kappa shape index (κ2) is 7.47. The summed E-state index contributed by atoms with van der Waals surface area (Å²) in [6.07, 6.45) is 0. The number of aryl methyl sites for hydroxylation is 2. The number of hydrogen-bond donors (Lipinski definition) is 2. The number of benzene rings is 2. The van der Waals surface area contributed by atoms with Gasteiger partial charge in [-0.05, 0) is 57.0 Å². The quantitative estimate of drug-likeness (QED) is 0.848. The Labute approximate surface area is 149 Å². The molecular weight excluding hydrogens is 316 g/mol. The van der Waals surface area contributed by atoms with Crippen molar-refractivity contribution in [2.75, 3.05) is 19.5 Å². The van der Waals surface area contributed by atoms with E-state index in [-0.39, 0.29) is 6.03 Å². The van der Waals surface area contributed by atoms with Crippen LogP contribution in [0.3, 0.4) is 0 Å². The second-order valence-electron chi connectivity index (χ2n) is 6.59. The molecule has 2 N–H and O–H groups in total. The van der Waals surface area contributed by atoms with E-state index < -0.39 is 5.54 Å². The predicted octanol–water partition coefficient (Wildman–Crippen LogP) is 4.38. The highest BCUT2D eigenvalue weighted by Crippen LogP contribution is 2.32. The van der Waals surface area contributed by atoms with E-state index in [1.54, 1.807) is 14.2 Å². The van der Waals surface area contributed by atoms with Crippen molar-refractivity contribution in [2.24, 2.45) is 0 Å². The van der Waals surface area contributed by atoms with Crippen molar-refractivity contribution in [3.63, 3.8) is 0 Å². The number of methoxy groups -OCH3 is 2. The fourth-order valence-corrected chi connectivity index (χ4v) is 2.69. The number of carbonyl (C=O) groups excluding carboxylic acids is 1. The molecule has 25 heavy (non-hydrogen) atoms. The molecule has 0 fully saturated rings. The number of hydrogen-bond acceptors (Lipinski definition) is 3. The Hall–Kier alpha value is -2.69.